The van der Waals surface area contributed by atoms with Crippen LogP contribution in [0.4, 0.5) is 17.3 Å². The van der Waals surface area contributed by atoms with E-state index in [-0.39, 0.29) is 0 Å². The summed E-state index contributed by atoms with van der Waals surface area (Å²) in [5.41, 5.74) is 0. The summed E-state index contributed by atoms with van der Waals surface area (Å²) < 4.78 is 43.4. The van der Waals surface area contributed by atoms with Crippen LogP contribution in [0.1, 0.15) is 20.8 Å². The Kier molecular flexibility index (Phi) is 43.8. The third-order valence-electron chi connectivity index (χ3n) is 1.22. The maximum atomic E-state index is 10.1. The molecule has 0 aliphatic rings. The summed E-state index contributed by atoms with van der Waals surface area (Å²) >= 11 is 0. The Balaban J connectivity index is -0.0000000604. The van der Waals surface area contributed by atoms with Crippen molar-refractivity contribution < 1.29 is 61.8 Å². The molecule has 0 spiro atoms. The van der Waals surface area contributed by atoms with Gasteiger partial charge in [-0.15, -0.1) is 0 Å². The molecule has 17 heteroatoms. The molecular formula is C6H22B4F4O9. The van der Waals surface area contributed by atoms with E-state index in [1.807, 2.05) is 0 Å². The average molecular weight is 357 g/mol. The van der Waals surface area contributed by atoms with Crippen molar-refractivity contribution in [3.8, 4) is 0 Å². The zero-order valence-electron chi connectivity index (χ0n) is 12.9. The van der Waals surface area contributed by atoms with Crippen LogP contribution in [-0.2, 0) is 4.37 Å². The van der Waals surface area contributed by atoms with Crippen LogP contribution in [0.5, 0.6) is 0 Å². The number of halogens is 4. The second kappa shape index (κ2) is 29.6. The normalized spacial score (nSPS) is 7.83. The molecule has 0 aliphatic carbocycles. The van der Waals surface area contributed by atoms with E-state index in [9.17, 15) is 17.3 Å². The molecule has 9 nitrogen and oxygen atoms in total. The molecule has 0 saturated carbocycles. The predicted octanol–water partition coefficient (Wildman–Crippen LogP) is -3.33. The Hall–Kier alpha value is -0.380. The van der Waals surface area contributed by atoms with Gasteiger partial charge >= 0.3 is 29.6 Å². The highest BCUT2D eigenvalue weighted by Crippen LogP contribution is 1.90. The highest BCUT2D eigenvalue weighted by molar-refractivity contribution is 6.32. The lowest BCUT2D eigenvalue weighted by Gasteiger charge is -2.11. The summed E-state index contributed by atoms with van der Waals surface area (Å²) in [4.78, 5) is 0. The molecule has 0 aliphatic heterocycles. The van der Waals surface area contributed by atoms with Crippen molar-refractivity contribution in [2.45, 2.75) is 20.8 Å². The van der Waals surface area contributed by atoms with E-state index < -0.39 is 29.6 Å². The minimum Gasteiger partial charge on any atom is -0.828 e. The quantitative estimate of drug-likeness (QED) is 0.156. The van der Waals surface area contributed by atoms with Gasteiger partial charge in [0.2, 0.25) is 0 Å². The minimum atomic E-state index is -2.92. The monoisotopic (exact) mass is 358 g/mol. The highest BCUT2D eigenvalue weighted by atomic mass is 19.1. The lowest BCUT2D eigenvalue weighted by molar-refractivity contribution is -0.232. The Morgan fingerprint density at radius 2 is 0.739 bits per heavy atom. The fourth-order valence-electron chi connectivity index (χ4n) is 0.612. The lowest BCUT2D eigenvalue weighted by atomic mass is 10.3. The first-order valence-electron chi connectivity index (χ1n) is 5.90. The third kappa shape index (κ3) is 264. The van der Waals surface area contributed by atoms with Crippen molar-refractivity contribution in [3.63, 3.8) is 0 Å². The fourth-order valence-corrected chi connectivity index (χ4v) is 0.612. The van der Waals surface area contributed by atoms with Crippen LogP contribution in [-0.4, -0.2) is 84.6 Å². The van der Waals surface area contributed by atoms with Crippen LogP contribution in [0.25, 0.3) is 0 Å². The molecule has 0 heterocycles. The van der Waals surface area contributed by atoms with Crippen LogP contribution >= 0.6 is 0 Å². The summed E-state index contributed by atoms with van der Waals surface area (Å²) in [7, 11) is -10.9. The van der Waals surface area contributed by atoms with E-state index in [0.717, 1.165) is 19.8 Å². The van der Waals surface area contributed by atoms with Gasteiger partial charge in [0.1, 0.15) is 19.8 Å². The summed E-state index contributed by atoms with van der Waals surface area (Å²) in [5.74, 6) is 0. The van der Waals surface area contributed by atoms with Gasteiger partial charge in [0.05, 0.1) is 0 Å². The summed E-state index contributed by atoms with van der Waals surface area (Å²) in [6.45, 7) is 9.76. The predicted molar refractivity (Wildman–Crippen MR) is 75.7 cm³/mol. The average Bonchev–Trinajstić information content (AvgIpc) is 2.28. The SMILES string of the molecule is CC[O+](CC)CC.OB(O)F.OB(O)F.OB(O)F.[O-]B(O)F. The third-order valence-corrected chi connectivity index (χ3v) is 1.22. The van der Waals surface area contributed by atoms with E-state index in [2.05, 4.69) is 25.1 Å². The Morgan fingerprint density at radius 3 is 0.739 bits per heavy atom. The second-order valence-corrected chi connectivity index (χ2v) is 2.70. The maximum absolute atomic E-state index is 10.1. The van der Waals surface area contributed by atoms with Crippen LogP contribution in [0, 0.1) is 0 Å². The molecule has 0 amide bonds. The van der Waals surface area contributed by atoms with Gasteiger partial charge in [-0.1, -0.05) is 0 Å². The van der Waals surface area contributed by atoms with Crippen molar-refractivity contribution in [3.05, 3.63) is 0 Å². The largest absolute Gasteiger partial charge is 0.828 e. The van der Waals surface area contributed by atoms with Gasteiger partial charge in [-0.2, -0.15) is 0 Å². The molecule has 0 aromatic rings. The number of hydrogen-bond donors (Lipinski definition) is 7. The van der Waals surface area contributed by atoms with Gasteiger partial charge in [-0.25, -0.2) is 0 Å². The Morgan fingerprint density at radius 1 is 0.652 bits per heavy atom. The highest BCUT2D eigenvalue weighted by Gasteiger charge is 1.98. The molecule has 140 valence electrons. The zero-order valence-corrected chi connectivity index (χ0v) is 12.9. The van der Waals surface area contributed by atoms with E-state index in [1.54, 1.807) is 0 Å². The standard InChI is InChI=1S/C6H15O.3BFH2O2.BFHO2/c1-4-7(5-2)6-3;4*2-1(3)4/h4-6H2,1-3H3;3*3-4H;3H/q+1;;;;-1. The molecular weight excluding hydrogens is 335 g/mol. The molecule has 0 saturated heterocycles. The molecule has 7 N–H and O–H groups in total. The second-order valence-electron chi connectivity index (χ2n) is 2.70. The first-order chi connectivity index (χ1) is 10.3. The van der Waals surface area contributed by atoms with Gasteiger partial charge in [0.25, 0.3) is 0 Å². The van der Waals surface area contributed by atoms with Crippen LogP contribution in [0.3, 0.4) is 0 Å². The minimum absolute atomic E-state index is 1.10. The Bertz CT molecular complexity index is 142. The molecule has 23 heavy (non-hydrogen) atoms. The van der Waals surface area contributed by atoms with Crippen LogP contribution < -0.4 is 5.02 Å². The molecule has 0 bridgehead atoms. The number of hydrogen-bond acceptors (Lipinski definition) is 8. The van der Waals surface area contributed by atoms with E-state index in [1.165, 1.54) is 0 Å². The molecule has 0 radical (unpaired) electrons. The number of rotatable bonds is 3. The van der Waals surface area contributed by atoms with Gasteiger partial charge in [0.15, 0.2) is 0 Å². The summed E-state index contributed by atoms with van der Waals surface area (Å²) in [5, 5.41) is 56.9. The van der Waals surface area contributed by atoms with Gasteiger partial charge in [-0.05, 0) is 0 Å². The van der Waals surface area contributed by atoms with Gasteiger partial charge < -0.3 is 48.9 Å². The van der Waals surface area contributed by atoms with Crippen LogP contribution in [0.15, 0.2) is 0 Å². The Labute approximate surface area is 133 Å². The van der Waals surface area contributed by atoms with Crippen molar-refractivity contribution in [2.75, 3.05) is 19.8 Å². The smallest absolute Gasteiger partial charge is 0.674 e. The topological polar surface area (TPSA) is 167 Å². The summed E-state index contributed by atoms with van der Waals surface area (Å²) in [6, 6.07) is 0. The zero-order chi connectivity index (χ0) is 20.0. The van der Waals surface area contributed by atoms with E-state index in [4.69, 9.17) is 40.2 Å². The fraction of sp³-hybridized carbons (Fsp3) is 1.00. The van der Waals surface area contributed by atoms with Gasteiger partial charge in [0, 0.05) is 20.8 Å². The first kappa shape index (κ1) is 34.1. The molecule has 0 unspecified atom stereocenters. The van der Waals surface area contributed by atoms with E-state index >= 15 is 0 Å². The molecule has 0 aromatic carbocycles. The van der Waals surface area contributed by atoms with Crippen molar-refractivity contribution in [2.24, 2.45) is 0 Å². The van der Waals surface area contributed by atoms with Crippen molar-refractivity contribution in [1.82, 2.24) is 0 Å². The molecule has 0 fully saturated rings. The van der Waals surface area contributed by atoms with Crippen molar-refractivity contribution in [1.29, 1.82) is 0 Å². The molecule has 0 aromatic heterocycles. The first-order valence-corrected chi connectivity index (χ1v) is 5.90. The van der Waals surface area contributed by atoms with Crippen LogP contribution in [0.2, 0.25) is 0 Å². The van der Waals surface area contributed by atoms with E-state index in [0.29, 0.717) is 0 Å². The lowest BCUT2D eigenvalue weighted by Crippen LogP contribution is -2.23. The molecule has 0 rings (SSSR count). The van der Waals surface area contributed by atoms with Crippen molar-refractivity contribution >= 4 is 29.6 Å². The summed E-state index contributed by atoms with van der Waals surface area (Å²) in [6.07, 6.45) is 0. The van der Waals surface area contributed by atoms with Gasteiger partial charge in [-0.3, -0.25) is 12.9 Å². The molecule has 0 atom stereocenters. The maximum Gasteiger partial charge on any atom is 0.674 e.